The molecule has 0 aliphatic rings. The molecule has 0 saturated carbocycles. The molecule has 2 N–H and O–H groups in total. The van der Waals surface area contributed by atoms with E-state index >= 15 is 0 Å². The molecule has 0 aliphatic heterocycles. The van der Waals surface area contributed by atoms with Crippen LogP contribution >= 0.6 is 11.3 Å². The van der Waals surface area contributed by atoms with E-state index in [1.165, 1.54) is 24.5 Å². The number of nitrogens with one attached hydrogen (secondary N) is 2. The van der Waals surface area contributed by atoms with Gasteiger partial charge in [-0.1, -0.05) is 0 Å². The van der Waals surface area contributed by atoms with Crippen molar-refractivity contribution in [3.8, 4) is 5.75 Å². The van der Waals surface area contributed by atoms with Crippen molar-refractivity contribution >= 4 is 29.1 Å². The van der Waals surface area contributed by atoms with Crippen LogP contribution in [0.2, 0.25) is 0 Å². The number of hydrogen-bond donors (Lipinski definition) is 2. The number of rotatable bonds is 9. The summed E-state index contributed by atoms with van der Waals surface area (Å²) < 4.78 is 15.6. The van der Waals surface area contributed by atoms with Crippen LogP contribution < -0.4 is 15.6 Å². The molecule has 0 saturated heterocycles. The summed E-state index contributed by atoms with van der Waals surface area (Å²) >= 11 is 1.36. The highest BCUT2D eigenvalue weighted by Crippen LogP contribution is 2.21. The summed E-state index contributed by atoms with van der Waals surface area (Å²) in [7, 11) is 1.52. The van der Waals surface area contributed by atoms with Gasteiger partial charge in [-0.25, -0.2) is 9.78 Å². The number of methoxy groups -OCH3 is 1. The fraction of sp³-hybridized carbons (Fsp3) is 0.368. The second-order valence-electron chi connectivity index (χ2n) is 5.90. The van der Waals surface area contributed by atoms with E-state index in [-0.39, 0.29) is 18.6 Å². The zero-order valence-corrected chi connectivity index (χ0v) is 17.3. The SMILES string of the molecule is CCOCc1cc(C(=O)OCC(=O)NNC(=O)Cc2nc(C)cs2)ccc1OC. The van der Waals surface area contributed by atoms with Crippen molar-refractivity contribution in [2.75, 3.05) is 20.3 Å². The second kappa shape index (κ2) is 11.1. The van der Waals surface area contributed by atoms with Crippen molar-refractivity contribution in [2.45, 2.75) is 26.9 Å². The first-order valence-corrected chi connectivity index (χ1v) is 9.71. The van der Waals surface area contributed by atoms with Crippen LogP contribution in [0.5, 0.6) is 5.75 Å². The third-order valence-electron chi connectivity index (χ3n) is 3.63. The number of benzene rings is 1. The quantitative estimate of drug-likeness (QED) is 0.466. The lowest BCUT2D eigenvalue weighted by atomic mass is 10.1. The summed E-state index contributed by atoms with van der Waals surface area (Å²) in [6.07, 6.45) is 0.0486. The number of nitrogens with zero attached hydrogens (tertiary/aromatic N) is 1. The number of thiazole rings is 1. The molecule has 1 aromatic heterocycles. The monoisotopic (exact) mass is 421 g/mol. The van der Waals surface area contributed by atoms with Crippen LogP contribution in [0.25, 0.3) is 0 Å². The first-order chi connectivity index (χ1) is 13.9. The van der Waals surface area contributed by atoms with E-state index in [1.54, 1.807) is 12.1 Å². The third-order valence-corrected chi connectivity index (χ3v) is 4.60. The molecule has 0 fully saturated rings. The largest absolute Gasteiger partial charge is 0.496 e. The molecule has 0 radical (unpaired) electrons. The Bertz CT molecular complexity index is 867. The fourth-order valence-electron chi connectivity index (χ4n) is 2.29. The molecular formula is C19H23N3O6S. The molecule has 1 heterocycles. The van der Waals surface area contributed by atoms with Crippen LogP contribution in [0.15, 0.2) is 23.6 Å². The van der Waals surface area contributed by atoms with E-state index in [0.29, 0.717) is 22.9 Å². The number of carbonyl (C=O) groups is 3. The highest BCUT2D eigenvalue weighted by atomic mass is 32.1. The maximum absolute atomic E-state index is 12.2. The molecule has 0 spiro atoms. The van der Waals surface area contributed by atoms with Gasteiger partial charge in [-0.3, -0.25) is 20.4 Å². The Morgan fingerprint density at radius 2 is 1.93 bits per heavy atom. The normalized spacial score (nSPS) is 10.3. The molecule has 10 heteroatoms. The van der Waals surface area contributed by atoms with Gasteiger partial charge in [0.2, 0.25) is 5.91 Å². The fourth-order valence-corrected chi connectivity index (χ4v) is 3.06. The van der Waals surface area contributed by atoms with E-state index in [1.807, 2.05) is 19.2 Å². The van der Waals surface area contributed by atoms with Gasteiger partial charge in [0.15, 0.2) is 6.61 Å². The average molecular weight is 421 g/mol. The topological polar surface area (TPSA) is 116 Å². The van der Waals surface area contributed by atoms with Crippen molar-refractivity contribution in [1.29, 1.82) is 0 Å². The van der Waals surface area contributed by atoms with Crippen LogP contribution in [0.1, 0.15) is 33.5 Å². The summed E-state index contributed by atoms with van der Waals surface area (Å²) in [4.78, 5) is 39.9. The van der Waals surface area contributed by atoms with Gasteiger partial charge in [-0.05, 0) is 32.0 Å². The lowest BCUT2D eigenvalue weighted by Crippen LogP contribution is -2.44. The van der Waals surface area contributed by atoms with Gasteiger partial charge in [0.05, 0.1) is 25.7 Å². The van der Waals surface area contributed by atoms with Gasteiger partial charge >= 0.3 is 5.97 Å². The minimum absolute atomic E-state index is 0.0486. The number of ether oxygens (including phenoxy) is 3. The Labute approximate surface area is 172 Å². The molecule has 0 unspecified atom stereocenters. The van der Waals surface area contributed by atoms with E-state index < -0.39 is 24.4 Å². The predicted molar refractivity (Wildman–Crippen MR) is 105 cm³/mol. The van der Waals surface area contributed by atoms with E-state index in [2.05, 4.69) is 15.8 Å². The number of aryl methyl sites for hydroxylation is 1. The first kappa shape index (κ1) is 22.3. The molecule has 9 nitrogen and oxygen atoms in total. The van der Waals surface area contributed by atoms with Gasteiger partial charge in [0, 0.05) is 23.2 Å². The van der Waals surface area contributed by atoms with Crippen molar-refractivity contribution in [1.82, 2.24) is 15.8 Å². The molecule has 2 aromatic rings. The maximum atomic E-state index is 12.2. The number of hydrogen-bond acceptors (Lipinski definition) is 8. The summed E-state index contributed by atoms with van der Waals surface area (Å²) in [6, 6.07) is 4.75. The van der Waals surface area contributed by atoms with Crippen molar-refractivity contribution in [3.05, 3.63) is 45.4 Å². The van der Waals surface area contributed by atoms with Crippen LogP contribution in [0, 0.1) is 6.92 Å². The zero-order chi connectivity index (χ0) is 21.2. The maximum Gasteiger partial charge on any atom is 0.338 e. The van der Waals surface area contributed by atoms with E-state index in [9.17, 15) is 14.4 Å². The Kier molecular flexibility index (Phi) is 8.56. The minimum atomic E-state index is -0.676. The summed E-state index contributed by atoms with van der Waals surface area (Å²) in [5, 5.41) is 2.47. The van der Waals surface area contributed by atoms with E-state index in [0.717, 1.165) is 5.69 Å². The Hall–Kier alpha value is -2.98. The van der Waals surface area contributed by atoms with Gasteiger partial charge in [-0.15, -0.1) is 11.3 Å². The molecule has 0 aliphatic carbocycles. The molecule has 29 heavy (non-hydrogen) atoms. The number of amides is 2. The second-order valence-corrected chi connectivity index (χ2v) is 6.84. The van der Waals surface area contributed by atoms with Crippen LogP contribution in [-0.2, 0) is 32.1 Å². The predicted octanol–water partition coefficient (Wildman–Crippen LogP) is 1.54. The van der Waals surface area contributed by atoms with E-state index in [4.69, 9.17) is 14.2 Å². The van der Waals surface area contributed by atoms with Gasteiger partial charge < -0.3 is 14.2 Å². The molecule has 156 valence electrons. The van der Waals surface area contributed by atoms with Crippen molar-refractivity contribution in [2.24, 2.45) is 0 Å². The lowest BCUT2D eigenvalue weighted by molar-refractivity contribution is -0.130. The Morgan fingerprint density at radius 3 is 2.59 bits per heavy atom. The molecule has 2 rings (SSSR count). The summed E-state index contributed by atoms with van der Waals surface area (Å²) in [6.45, 7) is 3.96. The van der Waals surface area contributed by atoms with Gasteiger partial charge in [-0.2, -0.15) is 0 Å². The third kappa shape index (κ3) is 7.16. The first-order valence-electron chi connectivity index (χ1n) is 8.83. The molecular weight excluding hydrogens is 398 g/mol. The number of carbonyl (C=O) groups excluding carboxylic acids is 3. The van der Waals surface area contributed by atoms with Crippen molar-refractivity contribution in [3.63, 3.8) is 0 Å². The molecule has 0 atom stereocenters. The molecule has 2 amide bonds. The number of esters is 1. The van der Waals surface area contributed by atoms with Crippen LogP contribution in [-0.4, -0.2) is 43.1 Å². The lowest BCUT2D eigenvalue weighted by Gasteiger charge is -2.11. The molecule has 0 bridgehead atoms. The number of hydrazine groups is 1. The Balaban J connectivity index is 1.80. The van der Waals surface area contributed by atoms with Gasteiger partial charge in [0.25, 0.3) is 5.91 Å². The highest BCUT2D eigenvalue weighted by molar-refractivity contribution is 7.09. The van der Waals surface area contributed by atoms with Gasteiger partial charge in [0.1, 0.15) is 10.8 Å². The average Bonchev–Trinajstić information content (AvgIpc) is 3.12. The highest BCUT2D eigenvalue weighted by Gasteiger charge is 2.14. The minimum Gasteiger partial charge on any atom is -0.496 e. The smallest absolute Gasteiger partial charge is 0.338 e. The Morgan fingerprint density at radius 1 is 1.17 bits per heavy atom. The van der Waals surface area contributed by atoms with Crippen LogP contribution in [0.3, 0.4) is 0 Å². The summed E-state index contributed by atoms with van der Waals surface area (Å²) in [5.41, 5.74) is 6.23. The standard InChI is InChI=1S/C19H23N3O6S/c1-4-27-9-14-7-13(5-6-15(14)26-3)19(25)28-10-17(24)22-21-16(23)8-18-20-12(2)11-29-18/h5-7,11H,4,8-10H2,1-3H3,(H,21,23)(H,22,24). The van der Waals surface area contributed by atoms with Crippen LogP contribution in [0.4, 0.5) is 0 Å². The zero-order valence-electron chi connectivity index (χ0n) is 16.4. The number of aromatic nitrogens is 1. The van der Waals surface area contributed by atoms with Crippen molar-refractivity contribution < 1.29 is 28.6 Å². The molecule has 1 aromatic carbocycles. The summed E-state index contributed by atoms with van der Waals surface area (Å²) in [5.74, 6) is -1.17.